The summed E-state index contributed by atoms with van der Waals surface area (Å²) in [5.41, 5.74) is -1.40. The van der Waals surface area contributed by atoms with Crippen molar-refractivity contribution in [3.05, 3.63) is 34.3 Å². The number of aliphatic hydroxyl groups is 1. The van der Waals surface area contributed by atoms with Gasteiger partial charge < -0.3 is 25.2 Å². The summed E-state index contributed by atoms with van der Waals surface area (Å²) in [5.74, 6) is -3.01. The second-order valence-corrected chi connectivity index (χ2v) is 8.91. The highest BCUT2D eigenvalue weighted by Crippen LogP contribution is 2.37. The van der Waals surface area contributed by atoms with Gasteiger partial charge in [0.25, 0.3) is 0 Å². The van der Waals surface area contributed by atoms with E-state index in [1.54, 1.807) is 13.8 Å². The summed E-state index contributed by atoms with van der Waals surface area (Å²) in [6.07, 6.45) is -6.05. The molecule has 0 spiro atoms. The fourth-order valence-corrected chi connectivity index (χ4v) is 4.21. The van der Waals surface area contributed by atoms with Gasteiger partial charge in [-0.3, -0.25) is 19.7 Å². The first-order valence-corrected chi connectivity index (χ1v) is 11.2. The lowest BCUT2D eigenvalue weighted by Gasteiger charge is -2.32. The van der Waals surface area contributed by atoms with Gasteiger partial charge in [-0.15, -0.1) is 0 Å². The van der Waals surface area contributed by atoms with Crippen molar-refractivity contribution in [2.24, 2.45) is 5.92 Å². The van der Waals surface area contributed by atoms with Crippen LogP contribution in [0.5, 0.6) is 0 Å². The van der Waals surface area contributed by atoms with Crippen molar-refractivity contribution in [2.75, 3.05) is 6.54 Å². The highest BCUT2D eigenvalue weighted by Gasteiger charge is 2.40. The number of carboxylic acids is 1. The monoisotopic (exact) mass is 521 g/mol. The normalized spacial score (nSPS) is 18.7. The van der Waals surface area contributed by atoms with Crippen LogP contribution in [0.15, 0.2) is 18.2 Å². The zero-order valence-corrected chi connectivity index (χ0v) is 19.8. The predicted molar refractivity (Wildman–Crippen MR) is 118 cm³/mol. The fourth-order valence-electron chi connectivity index (χ4n) is 3.87. The number of amides is 2. The van der Waals surface area contributed by atoms with Crippen LogP contribution in [0.4, 0.5) is 13.2 Å². The Morgan fingerprint density at radius 3 is 2.49 bits per heavy atom. The number of aldehydes is 1. The molecule has 1 saturated heterocycles. The summed E-state index contributed by atoms with van der Waals surface area (Å²) < 4.78 is 39.5. The number of benzene rings is 1. The van der Waals surface area contributed by atoms with E-state index < -0.39 is 71.2 Å². The summed E-state index contributed by atoms with van der Waals surface area (Å²) in [6, 6.07) is -0.274. The quantitative estimate of drug-likeness (QED) is 0.273. The number of carbonyl (C=O) groups excluding carboxylic acids is 3. The molecule has 1 aromatic rings. The molecule has 2 rings (SSSR count). The van der Waals surface area contributed by atoms with Crippen LogP contribution in [0.3, 0.4) is 0 Å². The summed E-state index contributed by atoms with van der Waals surface area (Å²) in [4.78, 5) is 49.2. The van der Waals surface area contributed by atoms with Gasteiger partial charge in [0.1, 0.15) is 18.6 Å². The lowest BCUT2D eigenvalue weighted by atomic mass is 10.0. The standard InChI is InChI=1S/C22H27ClF3N3O6/c1-11(2)18(28-19(33)13-5-3-6-14(17(13)23)22(24,25)26)21(35)29-8-4-7-15(29)20(34)27-12(10-30)9-16(31)32/h3,5-6,10-12,15,18-19,28,33H,4,7-9H2,1-2H3,(H,27,34)(H,31,32)/t12-,15-,18-,19?/m0/s1. The van der Waals surface area contributed by atoms with Crippen molar-refractivity contribution >= 4 is 35.7 Å². The van der Waals surface area contributed by atoms with Gasteiger partial charge in [0.05, 0.1) is 29.1 Å². The minimum Gasteiger partial charge on any atom is -0.481 e. The van der Waals surface area contributed by atoms with Crippen molar-refractivity contribution < 1.29 is 42.6 Å². The van der Waals surface area contributed by atoms with Gasteiger partial charge in [-0.25, -0.2) is 0 Å². The van der Waals surface area contributed by atoms with E-state index in [9.17, 15) is 37.5 Å². The van der Waals surface area contributed by atoms with E-state index in [1.807, 2.05) is 0 Å². The predicted octanol–water partition coefficient (Wildman–Crippen LogP) is 2.11. The van der Waals surface area contributed by atoms with E-state index in [0.29, 0.717) is 12.7 Å². The zero-order chi connectivity index (χ0) is 26.5. The molecule has 1 heterocycles. The second kappa shape index (κ2) is 11.8. The van der Waals surface area contributed by atoms with Crippen LogP contribution >= 0.6 is 11.6 Å². The Labute approximate surface area is 204 Å². The highest BCUT2D eigenvalue weighted by atomic mass is 35.5. The molecule has 0 aliphatic carbocycles. The molecule has 0 bridgehead atoms. The number of nitrogens with zero attached hydrogens (tertiary/aromatic N) is 1. The molecule has 1 fully saturated rings. The zero-order valence-electron chi connectivity index (χ0n) is 19.0. The van der Waals surface area contributed by atoms with Crippen LogP contribution < -0.4 is 10.6 Å². The van der Waals surface area contributed by atoms with Crippen molar-refractivity contribution in [1.82, 2.24) is 15.5 Å². The second-order valence-electron chi connectivity index (χ2n) is 8.54. The Bertz CT molecular complexity index is 959. The molecule has 35 heavy (non-hydrogen) atoms. The molecule has 13 heteroatoms. The minimum atomic E-state index is -4.74. The first-order valence-electron chi connectivity index (χ1n) is 10.9. The molecule has 0 aromatic heterocycles. The van der Waals surface area contributed by atoms with E-state index in [2.05, 4.69) is 10.6 Å². The Morgan fingerprint density at radius 2 is 1.94 bits per heavy atom. The van der Waals surface area contributed by atoms with Crippen molar-refractivity contribution in [3.63, 3.8) is 0 Å². The van der Waals surface area contributed by atoms with Crippen LogP contribution in [-0.4, -0.2) is 63.9 Å². The lowest BCUT2D eigenvalue weighted by Crippen LogP contribution is -2.55. The van der Waals surface area contributed by atoms with Gasteiger partial charge >= 0.3 is 12.1 Å². The molecular weight excluding hydrogens is 495 g/mol. The van der Waals surface area contributed by atoms with E-state index >= 15 is 0 Å². The Kier molecular flexibility index (Phi) is 9.64. The number of aliphatic hydroxyl groups excluding tert-OH is 1. The number of hydrogen-bond donors (Lipinski definition) is 4. The number of halogens is 4. The maximum atomic E-state index is 13.3. The molecule has 2 amide bonds. The van der Waals surface area contributed by atoms with Crippen LogP contribution in [0.1, 0.15) is 50.5 Å². The van der Waals surface area contributed by atoms with Gasteiger partial charge in [-0.2, -0.15) is 13.2 Å². The van der Waals surface area contributed by atoms with Crippen LogP contribution in [0.2, 0.25) is 5.02 Å². The molecule has 1 aliphatic heterocycles. The number of alkyl halides is 3. The molecule has 1 aromatic carbocycles. The SMILES string of the molecule is CC(C)[C@H](NC(O)c1cccc(C(F)(F)F)c1Cl)C(=O)N1CCC[C@H]1C(=O)N[C@H](C=O)CC(=O)O. The largest absolute Gasteiger partial charge is 0.481 e. The molecule has 1 aliphatic rings. The number of aliphatic carboxylic acids is 1. The topological polar surface area (TPSA) is 136 Å². The van der Waals surface area contributed by atoms with E-state index in [-0.39, 0.29) is 18.5 Å². The summed E-state index contributed by atoms with van der Waals surface area (Å²) in [5, 5.41) is 23.7. The summed E-state index contributed by atoms with van der Waals surface area (Å²) >= 11 is 5.88. The maximum absolute atomic E-state index is 13.3. The third-order valence-electron chi connectivity index (χ3n) is 5.62. The number of nitrogens with one attached hydrogen (secondary N) is 2. The van der Waals surface area contributed by atoms with Gasteiger partial charge in [-0.1, -0.05) is 37.6 Å². The average Bonchev–Trinajstić information content (AvgIpc) is 3.25. The van der Waals surface area contributed by atoms with Gasteiger partial charge in [-0.05, 0) is 24.8 Å². The molecule has 4 N–H and O–H groups in total. The molecule has 4 atom stereocenters. The Hall–Kier alpha value is -2.70. The third-order valence-corrected chi connectivity index (χ3v) is 6.05. The maximum Gasteiger partial charge on any atom is 0.417 e. The first kappa shape index (κ1) is 28.5. The Morgan fingerprint density at radius 1 is 1.29 bits per heavy atom. The minimum absolute atomic E-state index is 0.187. The number of rotatable bonds is 10. The third kappa shape index (κ3) is 7.15. The number of hydrogen-bond acceptors (Lipinski definition) is 6. The van der Waals surface area contributed by atoms with Crippen LogP contribution in [0, 0.1) is 5.92 Å². The highest BCUT2D eigenvalue weighted by molar-refractivity contribution is 6.32. The van der Waals surface area contributed by atoms with E-state index in [0.717, 1.165) is 12.1 Å². The lowest BCUT2D eigenvalue weighted by molar-refractivity contribution is -0.143. The molecule has 194 valence electrons. The summed E-state index contributed by atoms with van der Waals surface area (Å²) in [6.45, 7) is 3.49. The van der Waals surface area contributed by atoms with Crippen molar-refractivity contribution in [2.45, 2.75) is 63.6 Å². The number of carbonyl (C=O) groups is 4. The number of carboxylic acid groups (broad SMARTS) is 1. The molecule has 0 radical (unpaired) electrons. The van der Waals surface area contributed by atoms with Gasteiger partial charge in [0, 0.05) is 12.1 Å². The molecule has 0 saturated carbocycles. The Balaban J connectivity index is 2.21. The van der Waals surface area contributed by atoms with E-state index in [1.165, 1.54) is 11.0 Å². The fraction of sp³-hybridized carbons (Fsp3) is 0.545. The van der Waals surface area contributed by atoms with E-state index in [4.69, 9.17) is 16.7 Å². The van der Waals surface area contributed by atoms with Crippen LogP contribution in [0.25, 0.3) is 0 Å². The average molecular weight is 522 g/mol. The molecule has 1 unspecified atom stereocenters. The molecule has 9 nitrogen and oxygen atoms in total. The van der Waals surface area contributed by atoms with Crippen molar-refractivity contribution in [3.8, 4) is 0 Å². The smallest absolute Gasteiger partial charge is 0.417 e. The summed E-state index contributed by atoms with van der Waals surface area (Å²) in [7, 11) is 0. The van der Waals surface area contributed by atoms with Crippen LogP contribution in [-0.2, 0) is 25.4 Å². The van der Waals surface area contributed by atoms with Gasteiger partial charge in [0.2, 0.25) is 11.8 Å². The van der Waals surface area contributed by atoms with Gasteiger partial charge in [0.15, 0.2) is 0 Å². The molecular formula is C22H27ClF3N3O6. The first-order chi connectivity index (χ1) is 16.3. The number of likely N-dealkylation sites (tertiary alicyclic amines) is 1. The van der Waals surface area contributed by atoms with Crippen molar-refractivity contribution in [1.29, 1.82) is 0 Å².